The van der Waals surface area contributed by atoms with E-state index in [4.69, 9.17) is 11.2 Å². The number of tetrazole rings is 1. The highest BCUT2D eigenvalue weighted by Gasteiger charge is 2.27. The molecule has 1 unspecified atom stereocenters. The quantitative estimate of drug-likeness (QED) is 0.560. The predicted molar refractivity (Wildman–Crippen MR) is 113 cm³/mol. The van der Waals surface area contributed by atoms with Crippen LogP contribution >= 0.6 is 0 Å². The van der Waals surface area contributed by atoms with Gasteiger partial charge in [-0.1, -0.05) is 37.3 Å². The van der Waals surface area contributed by atoms with Gasteiger partial charge in [-0.15, -0.1) is 11.5 Å². The van der Waals surface area contributed by atoms with Crippen LogP contribution in [-0.2, 0) is 0 Å². The Morgan fingerprint density at radius 2 is 1.87 bits per heavy atom. The molecule has 1 saturated carbocycles. The number of ether oxygens (including phenoxy) is 1. The molecular weight excluding hydrogens is 400 g/mol. The summed E-state index contributed by atoms with van der Waals surface area (Å²) in [5.74, 6) is 1.87. The Kier molecular flexibility index (Phi) is 6.41. The highest BCUT2D eigenvalue weighted by atomic mass is 19.2. The zero-order chi connectivity index (χ0) is 21.6. The van der Waals surface area contributed by atoms with Crippen molar-refractivity contribution in [2.24, 2.45) is 0 Å². The van der Waals surface area contributed by atoms with Crippen molar-refractivity contribution in [2.75, 3.05) is 11.9 Å². The normalized spacial score (nSPS) is 15.3. The molecule has 0 bridgehead atoms. The molecule has 1 aliphatic rings. The van der Waals surface area contributed by atoms with E-state index in [0.29, 0.717) is 17.3 Å². The second-order valence-corrected chi connectivity index (χ2v) is 7.54. The molecule has 1 atom stereocenters. The number of aromatic nitrogens is 4. The Hall–Kier alpha value is -3.47. The Morgan fingerprint density at radius 1 is 1.10 bits per heavy atom. The number of anilines is 1. The summed E-state index contributed by atoms with van der Waals surface area (Å²) in [7, 11) is 0. The minimum absolute atomic E-state index is 0.176. The topological polar surface area (TPSA) is 64.9 Å². The fraction of sp³-hybridized carbons (Fsp3) is 0.348. The van der Waals surface area contributed by atoms with Gasteiger partial charge in [0.2, 0.25) is 0 Å². The van der Waals surface area contributed by atoms with Crippen molar-refractivity contribution in [3.8, 4) is 18.1 Å². The Balaban J connectivity index is 1.68. The van der Waals surface area contributed by atoms with Gasteiger partial charge < -0.3 is 10.1 Å². The van der Waals surface area contributed by atoms with Crippen LogP contribution in [0.15, 0.2) is 42.5 Å². The lowest BCUT2D eigenvalue weighted by Gasteiger charge is -2.26. The van der Waals surface area contributed by atoms with Crippen molar-refractivity contribution in [3.63, 3.8) is 0 Å². The molecule has 1 aromatic heterocycles. The second-order valence-electron chi connectivity index (χ2n) is 7.54. The van der Waals surface area contributed by atoms with Crippen molar-refractivity contribution in [1.29, 1.82) is 0 Å². The van der Waals surface area contributed by atoms with E-state index >= 15 is 0 Å². The molecule has 1 fully saturated rings. The number of hydrogen-bond acceptors (Lipinski definition) is 5. The average molecular weight is 423 g/mol. The number of nitrogens with zero attached hydrogens (tertiary/aromatic N) is 4. The highest BCUT2D eigenvalue weighted by molar-refractivity contribution is 5.48. The summed E-state index contributed by atoms with van der Waals surface area (Å²) in [6, 6.07) is 10.8. The van der Waals surface area contributed by atoms with Gasteiger partial charge in [0.15, 0.2) is 17.5 Å². The fourth-order valence-corrected chi connectivity index (χ4v) is 3.91. The zero-order valence-electron chi connectivity index (χ0n) is 17.0. The van der Waals surface area contributed by atoms with E-state index in [2.05, 4.69) is 26.8 Å². The first-order valence-corrected chi connectivity index (χ1v) is 10.3. The molecule has 6 nitrogen and oxygen atoms in total. The van der Waals surface area contributed by atoms with E-state index in [1.165, 1.54) is 12.5 Å². The van der Waals surface area contributed by atoms with Crippen molar-refractivity contribution in [3.05, 3.63) is 65.5 Å². The number of hydrogen-bond donors (Lipinski definition) is 1. The standard InChI is InChI=1S/C23H23F2N5O/c1-2-14-31-19-11-8-16(9-12-19)22(26-17-10-13-20(24)21(25)15-17)23-27-28-29-30(23)18-6-4-3-5-7-18/h1,8-13,15,18,22,26H,3-7,14H2. The summed E-state index contributed by atoms with van der Waals surface area (Å²) in [4.78, 5) is 0. The van der Waals surface area contributed by atoms with Gasteiger partial charge in [0.1, 0.15) is 18.4 Å². The van der Waals surface area contributed by atoms with Crippen LogP contribution < -0.4 is 10.1 Å². The van der Waals surface area contributed by atoms with Crippen molar-refractivity contribution < 1.29 is 13.5 Å². The number of terminal acetylenes is 1. The lowest BCUT2D eigenvalue weighted by Crippen LogP contribution is -2.23. The molecule has 0 spiro atoms. The third-order valence-corrected chi connectivity index (χ3v) is 5.46. The maximum atomic E-state index is 13.8. The van der Waals surface area contributed by atoms with Gasteiger partial charge in [0.05, 0.1) is 6.04 Å². The van der Waals surface area contributed by atoms with E-state index in [-0.39, 0.29) is 12.6 Å². The van der Waals surface area contributed by atoms with Crippen LogP contribution in [0.3, 0.4) is 0 Å². The Bertz CT molecular complexity index is 1050. The molecule has 3 aromatic rings. The van der Waals surface area contributed by atoms with E-state index in [9.17, 15) is 8.78 Å². The van der Waals surface area contributed by atoms with Gasteiger partial charge in [-0.2, -0.15) is 0 Å². The number of rotatable bonds is 7. The maximum Gasteiger partial charge on any atom is 0.178 e. The molecule has 0 amide bonds. The maximum absolute atomic E-state index is 13.8. The Morgan fingerprint density at radius 3 is 2.58 bits per heavy atom. The predicted octanol–water partition coefficient (Wildman–Crippen LogP) is 4.67. The highest BCUT2D eigenvalue weighted by Crippen LogP contribution is 2.33. The lowest BCUT2D eigenvalue weighted by atomic mass is 9.95. The first-order chi connectivity index (χ1) is 15.2. The molecule has 8 heteroatoms. The average Bonchev–Trinajstić information content (AvgIpc) is 3.29. The summed E-state index contributed by atoms with van der Waals surface area (Å²) in [6.45, 7) is 0.176. The molecule has 0 radical (unpaired) electrons. The van der Waals surface area contributed by atoms with Crippen LogP contribution in [0.2, 0.25) is 0 Å². The first-order valence-electron chi connectivity index (χ1n) is 10.3. The number of benzene rings is 2. The van der Waals surface area contributed by atoms with E-state index in [1.807, 2.05) is 16.8 Å². The van der Waals surface area contributed by atoms with Crippen molar-refractivity contribution >= 4 is 5.69 Å². The SMILES string of the molecule is C#CCOc1ccc(C(Nc2ccc(F)c(F)c2)c2nnnn2C2CCCCC2)cc1. The van der Waals surface area contributed by atoms with Crippen LogP contribution in [0, 0.1) is 24.0 Å². The van der Waals surface area contributed by atoms with E-state index in [0.717, 1.165) is 43.4 Å². The van der Waals surface area contributed by atoms with Gasteiger partial charge in [-0.3, -0.25) is 0 Å². The molecule has 0 aliphatic heterocycles. The summed E-state index contributed by atoms with van der Waals surface area (Å²) in [5.41, 5.74) is 1.28. The fourth-order valence-electron chi connectivity index (χ4n) is 3.91. The van der Waals surface area contributed by atoms with Crippen LogP contribution in [0.1, 0.15) is 55.6 Å². The van der Waals surface area contributed by atoms with Crippen molar-refractivity contribution in [2.45, 2.75) is 44.2 Å². The molecule has 160 valence electrons. The molecule has 1 N–H and O–H groups in total. The molecule has 1 heterocycles. The van der Waals surface area contributed by atoms with Crippen LogP contribution in [-0.4, -0.2) is 26.8 Å². The molecule has 1 aliphatic carbocycles. The third kappa shape index (κ3) is 4.82. The van der Waals surface area contributed by atoms with Gasteiger partial charge in [0.25, 0.3) is 0 Å². The second kappa shape index (κ2) is 9.56. The number of nitrogens with one attached hydrogen (secondary N) is 1. The Labute approximate surface area is 179 Å². The minimum atomic E-state index is -0.923. The van der Waals surface area contributed by atoms with Crippen LogP contribution in [0.25, 0.3) is 0 Å². The number of halogens is 2. The third-order valence-electron chi connectivity index (χ3n) is 5.46. The van der Waals surface area contributed by atoms with E-state index in [1.54, 1.807) is 12.1 Å². The van der Waals surface area contributed by atoms with Gasteiger partial charge in [0, 0.05) is 11.8 Å². The zero-order valence-corrected chi connectivity index (χ0v) is 17.0. The molecule has 31 heavy (non-hydrogen) atoms. The smallest absolute Gasteiger partial charge is 0.178 e. The van der Waals surface area contributed by atoms with Crippen molar-refractivity contribution in [1.82, 2.24) is 20.2 Å². The van der Waals surface area contributed by atoms with Gasteiger partial charge in [-0.25, -0.2) is 13.5 Å². The molecule has 0 saturated heterocycles. The summed E-state index contributed by atoms with van der Waals surface area (Å²) < 4.78 is 34.6. The summed E-state index contributed by atoms with van der Waals surface area (Å²) in [6.07, 6.45) is 10.7. The largest absolute Gasteiger partial charge is 0.481 e. The summed E-state index contributed by atoms with van der Waals surface area (Å²) >= 11 is 0. The summed E-state index contributed by atoms with van der Waals surface area (Å²) in [5, 5.41) is 15.7. The van der Waals surface area contributed by atoms with Crippen LogP contribution in [0.5, 0.6) is 5.75 Å². The lowest BCUT2D eigenvalue weighted by molar-refractivity contribution is 0.315. The minimum Gasteiger partial charge on any atom is -0.481 e. The molecule has 2 aromatic carbocycles. The van der Waals surface area contributed by atoms with Crippen LogP contribution in [0.4, 0.5) is 14.5 Å². The molecular formula is C23H23F2N5O. The first kappa shape index (κ1) is 20.8. The molecule has 4 rings (SSSR count). The monoisotopic (exact) mass is 423 g/mol. The van der Waals surface area contributed by atoms with Gasteiger partial charge >= 0.3 is 0 Å². The van der Waals surface area contributed by atoms with Gasteiger partial charge in [-0.05, 0) is 53.1 Å². The van der Waals surface area contributed by atoms with E-state index < -0.39 is 17.7 Å².